The largest absolute Gasteiger partial charge is 0.438 e. The summed E-state index contributed by atoms with van der Waals surface area (Å²) in [6.07, 6.45) is 0. The molecular weight excluding hydrogens is 502 g/mol. The summed E-state index contributed by atoms with van der Waals surface area (Å²) >= 11 is 1.44. The van der Waals surface area contributed by atoms with Crippen molar-refractivity contribution >= 4 is 39.0 Å². The quantitative estimate of drug-likeness (QED) is 0.245. The Kier molecular flexibility index (Phi) is 6.61. The number of rotatable bonds is 5. The molecule has 39 heavy (non-hydrogen) atoms. The number of amides is 1. The molecule has 0 aliphatic carbocycles. The SMILES string of the molecule is Cc1ccc(N=c2oc3ccccc3cc2C(=O)Nc2nc(-c3ccc(-c4ccccc4)cc3)c(C)s2)cc1. The molecule has 0 radical (unpaired) electrons. The highest BCUT2D eigenvalue weighted by Crippen LogP contribution is 2.32. The van der Waals surface area contributed by atoms with Crippen molar-refractivity contribution in [1.29, 1.82) is 0 Å². The number of benzene rings is 4. The first-order valence-corrected chi connectivity index (χ1v) is 13.4. The molecule has 6 aromatic rings. The van der Waals surface area contributed by atoms with E-state index in [4.69, 9.17) is 9.40 Å². The second-order valence-corrected chi connectivity index (χ2v) is 10.5. The number of hydrogen-bond acceptors (Lipinski definition) is 5. The third-order valence-corrected chi connectivity index (χ3v) is 7.33. The molecule has 0 saturated carbocycles. The normalized spacial score (nSPS) is 11.6. The highest BCUT2D eigenvalue weighted by atomic mass is 32.1. The Bertz CT molecular complexity index is 1850. The fourth-order valence-electron chi connectivity index (χ4n) is 4.38. The van der Waals surface area contributed by atoms with Gasteiger partial charge in [0.2, 0.25) is 5.55 Å². The third kappa shape index (κ3) is 5.28. The lowest BCUT2D eigenvalue weighted by atomic mass is 10.0. The van der Waals surface area contributed by atoms with Crippen LogP contribution in [0.3, 0.4) is 0 Å². The van der Waals surface area contributed by atoms with Crippen LogP contribution in [0.1, 0.15) is 20.8 Å². The topological polar surface area (TPSA) is 67.5 Å². The first-order chi connectivity index (χ1) is 19.0. The Morgan fingerprint density at radius 1 is 0.795 bits per heavy atom. The fraction of sp³-hybridized carbons (Fsp3) is 0.0606. The van der Waals surface area contributed by atoms with Crippen molar-refractivity contribution in [2.24, 2.45) is 4.99 Å². The molecule has 2 aromatic heterocycles. The molecule has 6 rings (SSSR count). The van der Waals surface area contributed by atoms with Gasteiger partial charge in [0.05, 0.1) is 11.4 Å². The monoisotopic (exact) mass is 527 g/mol. The molecular formula is C33H25N3O2S. The van der Waals surface area contributed by atoms with Gasteiger partial charge in [-0.3, -0.25) is 10.1 Å². The Balaban J connectivity index is 1.32. The number of para-hydroxylation sites is 1. The van der Waals surface area contributed by atoms with E-state index in [1.54, 1.807) is 0 Å². The molecule has 0 fully saturated rings. The Labute approximate surface area is 230 Å². The van der Waals surface area contributed by atoms with Crippen LogP contribution in [-0.4, -0.2) is 10.9 Å². The number of carbonyl (C=O) groups excluding carboxylic acids is 1. The summed E-state index contributed by atoms with van der Waals surface area (Å²) in [6.45, 7) is 4.03. The summed E-state index contributed by atoms with van der Waals surface area (Å²) in [5.74, 6) is -0.324. The van der Waals surface area contributed by atoms with E-state index in [1.165, 1.54) is 16.9 Å². The number of anilines is 1. The smallest absolute Gasteiger partial charge is 0.262 e. The number of hydrogen-bond donors (Lipinski definition) is 1. The van der Waals surface area contributed by atoms with Gasteiger partial charge in [0, 0.05) is 15.8 Å². The fourth-order valence-corrected chi connectivity index (χ4v) is 5.22. The summed E-state index contributed by atoms with van der Waals surface area (Å²) < 4.78 is 6.09. The van der Waals surface area contributed by atoms with Crippen molar-refractivity contribution in [2.75, 3.05) is 5.32 Å². The van der Waals surface area contributed by atoms with E-state index in [2.05, 4.69) is 46.7 Å². The lowest BCUT2D eigenvalue weighted by Crippen LogP contribution is -2.21. The van der Waals surface area contributed by atoms with Crippen LogP contribution in [0.4, 0.5) is 10.8 Å². The molecule has 0 aliphatic rings. The van der Waals surface area contributed by atoms with Gasteiger partial charge in [-0.05, 0) is 49.2 Å². The van der Waals surface area contributed by atoms with E-state index < -0.39 is 0 Å². The minimum Gasteiger partial charge on any atom is -0.438 e. The van der Waals surface area contributed by atoms with E-state index in [0.29, 0.717) is 22.0 Å². The van der Waals surface area contributed by atoms with Crippen LogP contribution < -0.4 is 10.9 Å². The molecule has 1 amide bonds. The Morgan fingerprint density at radius 2 is 1.46 bits per heavy atom. The second kappa shape index (κ2) is 10.5. The third-order valence-electron chi connectivity index (χ3n) is 6.45. The molecule has 4 aromatic carbocycles. The second-order valence-electron chi connectivity index (χ2n) is 9.27. The molecule has 0 unspecified atom stereocenters. The van der Waals surface area contributed by atoms with Crippen molar-refractivity contribution < 1.29 is 9.21 Å². The average Bonchev–Trinajstić information content (AvgIpc) is 3.34. The van der Waals surface area contributed by atoms with Crippen LogP contribution in [0, 0.1) is 13.8 Å². The highest BCUT2D eigenvalue weighted by Gasteiger charge is 2.17. The molecule has 5 nitrogen and oxygen atoms in total. The summed E-state index contributed by atoms with van der Waals surface area (Å²) in [5, 5.41) is 4.32. The number of fused-ring (bicyclic) bond motifs is 1. The van der Waals surface area contributed by atoms with E-state index in [9.17, 15) is 4.79 Å². The lowest BCUT2D eigenvalue weighted by molar-refractivity contribution is 0.102. The number of thiazole rings is 1. The molecule has 0 aliphatic heterocycles. The van der Waals surface area contributed by atoms with Crippen LogP contribution in [0.2, 0.25) is 0 Å². The van der Waals surface area contributed by atoms with Gasteiger partial charge >= 0.3 is 0 Å². The lowest BCUT2D eigenvalue weighted by Gasteiger charge is -2.05. The molecule has 0 spiro atoms. The van der Waals surface area contributed by atoms with E-state index >= 15 is 0 Å². The predicted octanol–water partition coefficient (Wildman–Crippen LogP) is 8.32. The van der Waals surface area contributed by atoms with E-state index in [-0.39, 0.29) is 11.5 Å². The van der Waals surface area contributed by atoms with Gasteiger partial charge in [-0.2, -0.15) is 0 Å². The van der Waals surface area contributed by atoms with Crippen LogP contribution in [0.5, 0.6) is 0 Å². The maximum atomic E-state index is 13.5. The van der Waals surface area contributed by atoms with Crippen LogP contribution in [0.25, 0.3) is 33.4 Å². The van der Waals surface area contributed by atoms with Gasteiger partial charge in [0.1, 0.15) is 11.1 Å². The summed E-state index contributed by atoms with van der Waals surface area (Å²) in [6, 6.07) is 35.7. The number of nitrogens with one attached hydrogen (secondary N) is 1. The zero-order valence-electron chi connectivity index (χ0n) is 21.5. The molecule has 0 bridgehead atoms. The predicted molar refractivity (Wildman–Crippen MR) is 158 cm³/mol. The number of aromatic nitrogens is 1. The maximum absolute atomic E-state index is 13.5. The van der Waals surface area contributed by atoms with Gasteiger partial charge in [-0.15, -0.1) is 11.3 Å². The van der Waals surface area contributed by atoms with Crippen LogP contribution in [0.15, 0.2) is 119 Å². The van der Waals surface area contributed by atoms with Crippen molar-refractivity contribution in [3.05, 3.63) is 131 Å². The molecule has 6 heteroatoms. The zero-order chi connectivity index (χ0) is 26.8. The van der Waals surface area contributed by atoms with Crippen LogP contribution >= 0.6 is 11.3 Å². The summed E-state index contributed by atoms with van der Waals surface area (Å²) in [4.78, 5) is 23.9. The number of aryl methyl sites for hydroxylation is 2. The minimum atomic E-state index is -0.324. The first kappa shape index (κ1) is 24.5. The van der Waals surface area contributed by atoms with Crippen molar-refractivity contribution in [1.82, 2.24) is 4.98 Å². The Morgan fingerprint density at radius 3 is 2.23 bits per heavy atom. The van der Waals surface area contributed by atoms with Gasteiger partial charge in [-0.25, -0.2) is 9.98 Å². The van der Waals surface area contributed by atoms with Crippen LogP contribution in [-0.2, 0) is 0 Å². The van der Waals surface area contributed by atoms with Crippen molar-refractivity contribution in [3.63, 3.8) is 0 Å². The number of carbonyl (C=O) groups is 1. The summed E-state index contributed by atoms with van der Waals surface area (Å²) in [5.41, 5.74) is 7.25. The van der Waals surface area contributed by atoms with Crippen molar-refractivity contribution in [3.8, 4) is 22.4 Å². The van der Waals surface area contributed by atoms with Gasteiger partial charge in [0.15, 0.2) is 5.13 Å². The molecule has 2 heterocycles. The Hall–Kier alpha value is -4.81. The number of nitrogens with zero attached hydrogens (tertiary/aromatic N) is 2. The molecule has 1 N–H and O–H groups in total. The van der Waals surface area contributed by atoms with Gasteiger partial charge in [0.25, 0.3) is 5.91 Å². The maximum Gasteiger partial charge on any atom is 0.262 e. The molecule has 0 atom stereocenters. The minimum absolute atomic E-state index is 0.250. The van der Waals surface area contributed by atoms with Gasteiger partial charge < -0.3 is 4.42 Å². The standard InChI is InChI=1S/C33H25N3O2S/c1-21-12-18-27(19-13-21)34-32-28(20-26-10-6-7-11-29(26)38-32)31(37)36-33-35-30(22(2)39-33)25-16-14-24(15-17-25)23-8-4-3-5-9-23/h3-20H,1-2H3,(H,35,36,37). The first-order valence-electron chi connectivity index (χ1n) is 12.6. The summed E-state index contributed by atoms with van der Waals surface area (Å²) in [7, 11) is 0. The van der Waals surface area contributed by atoms with E-state index in [1.807, 2.05) is 86.6 Å². The van der Waals surface area contributed by atoms with Gasteiger partial charge in [-0.1, -0.05) is 90.5 Å². The van der Waals surface area contributed by atoms with Crippen molar-refractivity contribution in [2.45, 2.75) is 13.8 Å². The molecule has 0 saturated heterocycles. The highest BCUT2D eigenvalue weighted by molar-refractivity contribution is 7.16. The molecule has 190 valence electrons. The average molecular weight is 528 g/mol. The van der Waals surface area contributed by atoms with E-state index in [0.717, 1.165) is 32.6 Å². The zero-order valence-corrected chi connectivity index (χ0v) is 22.3.